The van der Waals surface area contributed by atoms with Crippen LogP contribution in [0.5, 0.6) is 0 Å². The van der Waals surface area contributed by atoms with Gasteiger partial charge in [-0.1, -0.05) is 51.2 Å². The van der Waals surface area contributed by atoms with Crippen LogP contribution >= 0.6 is 7.82 Å². The molecule has 1 aromatic carbocycles. The van der Waals surface area contributed by atoms with E-state index in [1.807, 2.05) is 12.1 Å². The van der Waals surface area contributed by atoms with Gasteiger partial charge in [-0.3, -0.25) is 9.32 Å². The third kappa shape index (κ3) is 15.5. The summed E-state index contributed by atoms with van der Waals surface area (Å²) in [6.45, 7) is 3.55. The summed E-state index contributed by atoms with van der Waals surface area (Å²) in [7, 11) is -4.68. The van der Waals surface area contributed by atoms with Crippen molar-refractivity contribution in [1.29, 1.82) is 0 Å². The number of carbonyl (C=O) groups excluding carboxylic acids is 1. The third-order valence-corrected chi connectivity index (χ3v) is 5.00. The first-order valence-electron chi connectivity index (χ1n) is 10.4. The number of anilines is 1. The van der Waals surface area contributed by atoms with Gasteiger partial charge in [-0.15, -0.1) is 0 Å². The van der Waals surface area contributed by atoms with Gasteiger partial charge in [0.15, 0.2) is 0 Å². The van der Waals surface area contributed by atoms with Crippen molar-refractivity contribution in [3.63, 3.8) is 0 Å². The second-order valence-electron chi connectivity index (χ2n) is 7.33. The summed E-state index contributed by atoms with van der Waals surface area (Å²) in [5.41, 5.74) is 7.47. The lowest BCUT2D eigenvalue weighted by Crippen LogP contribution is -2.44. The minimum atomic E-state index is -5.08. The predicted octanol–water partition coefficient (Wildman–Crippen LogP) is 3.99. The molecule has 0 unspecified atom stereocenters. The normalized spacial score (nSPS) is 13.5. The SMILES string of the molecule is CCCCCCCCc1ccc(NC(=O)[C@@H](N)[C@@H](C)OP(=O)(O)O)cc1.O=C(O)C(F)(F)F. The molecule has 1 aromatic rings. The number of carboxylic acid groups (broad SMARTS) is 1. The number of hydrogen-bond donors (Lipinski definition) is 5. The molecule has 1 rings (SSSR count). The van der Waals surface area contributed by atoms with Crippen molar-refractivity contribution in [1.82, 2.24) is 0 Å². The molecule has 13 heteroatoms. The Morgan fingerprint density at radius 1 is 1.09 bits per heavy atom. The lowest BCUT2D eigenvalue weighted by molar-refractivity contribution is -0.192. The largest absolute Gasteiger partial charge is 0.490 e. The highest BCUT2D eigenvalue weighted by molar-refractivity contribution is 7.46. The zero-order chi connectivity index (χ0) is 25.7. The number of phosphoric acid groups is 1. The molecule has 0 spiro atoms. The van der Waals surface area contributed by atoms with Crippen LogP contribution < -0.4 is 11.1 Å². The summed E-state index contributed by atoms with van der Waals surface area (Å²) in [6.07, 6.45) is 2.31. The van der Waals surface area contributed by atoms with Crippen LogP contribution in [0.4, 0.5) is 18.9 Å². The molecule has 6 N–H and O–H groups in total. The standard InChI is InChI=1S/C18H31N2O5P.C2HF3O2/c1-3-4-5-6-7-8-9-15-10-12-16(13-11-15)20-18(21)17(19)14(2)25-26(22,23)24;3-2(4,5)1(6)7/h10-14,17H,3-9,19H2,1-2H3,(H,20,21)(H2,22,23,24);(H,6,7)/t14-,17+;/m1./s1. The van der Waals surface area contributed by atoms with E-state index in [1.54, 1.807) is 12.1 Å². The van der Waals surface area contributed by atoms with Gasteiger partial charge in [-0.05, 0) is 37.5 Å². The summed E-state index contributed by atoms with van der Waals surface area (Å²) >= 11 is 0. The first-order chi connectivity index (χ1) is 15.2. The maximum absolute atomic E-state index is 12.1. The molecular formula is C20H32F3N2O7P. The summed E-state index contributed by atoms with van der Waals surface area (Å²) in [6, 6.07) is 6.33. The fourth-order valence-electron chi connectivity index (χ4n) is 2.59. The Hall–Kier alpha value is -1.98. The van der Waals surface area contributed by atoms with E-state index in [-0.39, 0.29) is 0 Å². The smallest absolute Gasteiger partial charge is 0.475 e. The topological polar surface area (TPSA) is 159 Å². The first-order valence-corrected chi connectivity index (χ1v) is 11.9. The van der Waals surface area contributed by atoms with Crippen LogP contribution in [-0.4, -0.2) is 45.1 Å². The zero-order valence-corrected chi connectivity index (χ0v) is 19.4. The molecule has 0 bridgehead atoms. The number of rotatable bonds is 12. The van der Waals surface area contributed by atoms with Crippen LogP contribution in [0.2, 0.25) is 0 Å². The average molecular weight is 500 g/mol. The van der Waals surface area contributed by atoms with Gasteiger partial charge >= 0.3 is 20.0 Å². The molecule has 1 amide bonds. The quantitative estimate of drug-likeness (QED) is 0.213. The van der Waals surface area contributed by atoms with E-state index < -0.39 is 38.0 Å². The van der Waals surface area contributed by atoms with Crippen LogP contribution in [0.3, 0.4) is 0 Å². The van der Waals surface area contributed by atoms with Crippen molar-refractivity contribution in [2.45, 2.75) is 77.1 Å². The van der Waals surface area contributed by atoms with E-state index in [0.717, 1.165) is 12.8 Å². The van der Waals surface area contributed by atoms with Crippen LogP contribution in [0.1, 0.15) is 57.9 Å². The number of unbranched alkanes of at least 4 members (excludes halogenated alkanes) is 5. The fourth-order valence-corrected chi connectivity index (χ4v) is 3.15. The van der Waals surface area contributed by atoms with E-state index in [9.17, 15) is 22.5 Å². The number of carboxylic acids is 1. The monoisotopic (exact) mass is 500 g/mol. The van der Waals surface area contributed by atoms with Gasteiger partial charge in [-0.25, -0.2) is 9.36 Å². The number of alkyl halides is 3. The van der Waals surface area contributed by atoms with E-state index in [2.05, 4.69) is 16.8 Å². The van der Waals surface area contributed by atoms with Crippen molar-refractivity contribution in [3.05, 3.63) is 29.8 Å². The number of hydrogen-bond acceptors (Lipinski definition) is 5. The van der Waals surface area contributed by atoms with E-state index in [1.165, 1.54) is 44.6 Å². The molecular weight excluding hydrogens is 468 g/mol. The molecule has 0 fully saturated rings. The van der Waals surface area contributed by atoms with E-state index in [4.69, 9.17) is 25.4 Å². The molecule has 33 heavy (non-hydrogen) atoms. The van der Waals surface area contributed by atoms with Gasteiger partial charge in [-0.2, -0.15) is 13.2 Å². The molecule has 190 valence electrons. The predicted molar refractivity (Wildman–Crippen MR) is 116 cm³/mol. The van der Waals surface area contributed by atoms with Crippen molar-refractivity contribution in [2.24, 2.45) is 5.73 Å². The second-order valence-corrected chi connectivity index (χ2v) is 8.53. The Balaban J connectivity index is 0.00000126. The number of aryl methyl sites for hydroxylation is 1. The molecule has 0 aromatic heterocycles. The highest BCUT2D eigenvalue weighted by Crippen LogP contribution is 2.38. The number of halogens is 3. The summed E-state index contributed by atoms with van der Waals surface area (Å²) in [5, 5.41) is 9.75. The van der Waals surface area contributed by atoms with Crippen LogP contribution in [0.25, 0.3) is 0 Å². The highest BCUT2D eigenvalue weighted by Gasteiger charge is 2.38. The number of nitrogens with two attached hydrogens (primary N) is 1. The maximum atomic E-state index is 12.1. The molecule has 0 aliphatic carbocycles. The Morgan fingerprint density at radius 3 is 2.03 bits per heavy atom. The molecule has 9 nitrogen and oxygen atoms in total. The van der Waals surface area contributed by atoms with Crippen molar-refractivity contribution in [3.8, 4) is 0 Å². The number of nitrogens with one attached hydrogen (secondary N) is 1. The number of phosphoric ester groups is 1. The van der Waals surface area contributed by atoms with Crippen molar-refractivity contribution < 1.29 is 46.7 Å². The first kappa shape index (κ1) is 31.0. The minimum absolute atomic E-state index is 0.561. The lowest BCUT2D eigenvalue weighted by Gasteiger charge is -2.20. The Labute approximate surface area is 190 Å². The van der Waals surface area contributed by atoms with Crippen molar-refractivity contribution >= 4 is 25.4 Å². The Bertz CT molecular complexity index is 770. The van der Waals surface area contributed by atoms with E-state index >= 15 is 0 Å². The van der Waals surface area contributed by atoms with Gasteiger partial charge in [0.05, 0.1) is 6.10 Å². The average Bonchev–Trinajstić information content (AvgIpc) is 2.69. The van der Waals surface area contributed by atoms with Crippen LogP contribution in [0, 0.1) is 0 Å². The van der Waals surface area contributed by atoms with E-state index in [0.29, 0.717) is 5.69 Å². The van der Waals surface area contributed by atoms with Crippen LogP contribution in [0.15, 0.2) is 24.3 Å². The lowest BCUT2D eigenvalue weighted by atomic mass is 10.0. The van der Waals surface area contributed by atoms with Gasteiger partial charge in [0, 0.05) is 5.69 Å². The third-order valence-electron chi connectivity index (χ3n) is 4.40. The molecule has 0 saturated heterocycles. The zero-order valence-electron chi connectivity index (χ0n) is 18.5. The van der Waals surface area contributed by atoms with Gasteiger partial charge < -0.3 is 25.9 Å². The molecule has 0 aliphatic heterocycles. The Morgan fingerprint density at radius 2 is 1.58 bits per heavy atom. The van der Waals surface area contributed by atoms with Gasteiger partial charge in [0.25, 0.3) is 0 Å². The summed E-state index contributed by atoms with van der Waals surface area (Å²) < 4.78 is 47.0. The summed E-state index contributed by atoms with van der Waals surface area (Å²) in [5.74, 6) is -3.32. The number of aliphatic carboxylic acids is 1. The maximum Gasteiger partial charge on any atom is 0.490 e. The highest BCUT2D eigenvalue weighted by atomic mass is 31.2. The van der Waals surface area contributed by atoms with Crippen LogP contribution in [-0.2, 0) is 25.1 Å². The Kier molecular flexibility index (Phi) is 14.1. The number of carbonyl (C=O) groups is 2. The number of amides is 1. The molecule has 0 aliphatic rings. The number of benzene rings is 1. The minimum Gasteiger partial charge on any atom is -0.475 e. The molecule has 2 atom stereocenters. The molecule has 0 radical (unpaired) electrons. The van der Waals surface area contributed by atoms with Crippen molar-refractivity contribution in [2.75, 3.05) is 5.32 Å². The molecule has 0 saturated carbocycles. The summed E-state index contributed by atoms with van der Waals surface area (Å²) in [4.78, 5) is 38.5. The molecule has 0 heterocycles. The van der Waals surface area contributed by atoms with Gasteiger partial charge in [0.2, 0.25) is 5.91 Å². The fraction of sp³-hybridized carbons (Fsp3) is 0.600. The second kappa shape index (κ2) is 15.0. The van der Waals surface area contributed by atoms with Gasteiger partial charge in [0.1, 0.15) is 6.04 Å².